The number of aliphatic carboxylic acids is 1. The zero-order valence-corrected chi connectivity index (χ0v) is 13.3. The van der Waals surface area contributed by atoms with Crippen LogP contribution in [-0.2, 0) is 20.9 Å². The van der Waals surface area contributed by atoms with Crippen molar-refractivity contribution in [3.8, 4) is 0 Å². The van der Waals surface area contributed by atoms with E-state index in [9.17, 15) is 9.59 Å². The summed E-state index contributed by atoms with van der Waals surface area (Å²) >= 11 is 0. The summed E-state index contributed by atoms with van der Waals surface area (Å²) in [4.78, 5) is 22.9. The highest BCUT2D eigenvalue weighted by Gasteiger charge is 2.20. The molecular weight excluding hydrogens is 280 g/mol. The first-order valence-electron chi connectivity index (χ1n) is 8.05. The molecule has 0 aliphatic rings. The van der Waals surface area contributed by atoms with Gasteiger partial charge in [-0.15, -0.1) is 0 Å². The number of carbonyl (C=O) groups excluding carboxylic acids is 1. The lowest BCUT2D eigenvalue weighted by atomic mass is 9.96. The molecule has 4 nitrogen and oxygen atoms in total. The van der Waals surface area contributed by atoms with Crippen molar-refractivity contribution in [2.75, 3.05) is 0 Å². The highest BCUT2D eigenvalue weighted by Crippen LogP contribution is 2.19. The van der Waals surface area contributed by atoms with E-state index in [0.29, 0.717) is 12.8 Å². The maximum atomic E-state index is 12.2. The summed E-state index contributed by atoms with van der Waals surface area (Å²) in [5.74, 6) is -1.45. The number of ether oxygens (including phenoxy) is 1. The summed E-state index contributed by atoms with van der Waals surface area (Å²) in [5.41, 5.74) is 0.943. The van der Waals surface area contributed by atoms with Gasteiger partial charge in [-0.1, -0.05) is 62.9 Å². The van der Waals surface area contributed by atoms with Gasteiger partial charge in [-0.25, -0.2) is 0 Å². The number of hydrogen-bond acceptors (Lipinski definition) is 3. The normalized spacial score (nSPS) is 11.9. The predicted octanol–water partition coefficient (Wildman–Crippen LogP) is 4.18. The Morgan fingerprint density at radius 2 is 1.82 bits per heavy atom. The molecule has 1 atom stereocenters. The molecule has 0 fully saturated rings. The van der Waals surface area contributed by atoms with Gasteiger partial charge in [0, 0.05) is 6.42 Å². The molecule has 0 saturated heterocycles. The summed E-state index contributed by atoms with van der Waals surface area (Å²) in [6.45, 7) is 2.38. The molecule has 22 heavy (non-hydrogen) atoms. The first-order valence-corrected chi connectivity index (χ1v) is 8.05. The number of hydrogen-bond donors (Lipinski definition) is 1. The molecular formula is C18H26O4. The second-order valence-corrected chi connectivity index (χ2v) is 5.57. The maximum absolute atomic E-state index is 12.2. The molecule has 1 unspecified atom stereocenters. The standard InChI is InChI=1S/C18H26O4/c1-2-3-4-8-11-16(12-13-17(19)20)18(21)22-14-15-9-6-5-7-10-15/h5-7,9-10,16H,2-4,8,11-14H2,1H3,(H,19,20). The van der Waals surface area contributed by atoms with E-state index in [1.165, 1.54) is 0 Å². The minimum atomic E-state index is -0.866. The molecule has 1 aromatic carbocycles. The molecule has 0 aliphatic carbocycles. The number of benzene rings is 1. The van der Waals surface area contributed by atoms with Crippen molar-refractivity contribution < 1.29 is 19.4 Å². The Kier molecular flexibility index (Phi) is 8.96. The first-order chi connectivity index (χ1) is 10.6. The Hall–Kier alpha value is -1.84. The van der Waals surface area contributed by atoms with Crippen LogP contribution in [0.3, 0.4) is 0 Å². The smallest absolute Gasteiger partial charge is 0.309 e. The third-order valence-corrected chi connectivity index (χ3v) is 3.67. The Morgan fingerprint density at radius 3 is 2.45 bits per heavy atom. The number of carboxylic acid groups (broad SMARTS) is 1. The summed E-state index contributed by atoms with van der Waals surface area (Å²) in [5, 5.41) is 8.81. The van der Waals surface area contributed by atoms with Crippen molar-refractivity contribution >= 4 is 11.9 Å². The molecule has 0 aromatic heterocycles. The average Bonchev–Trinajstić information content (AvgIpc) is 2.52. The Labute approximate surface area is 132 Å². The number of carbonyl (C=O) groups is 2. The molecule has 4 heteroatoms. The van der Waals surface area contributed by atoms with E-state index in [2.05, 4.69) is 6.92 Å². The van der Waals surface area contributed by atoms with E-state index < -0.39 is 5.97 Å². The lowest BCUT2D eigenvalue weighted by molar-refractivity contribution is -0.150. The molecule has 0 spiro atoms. The largest absolute Gasteiger partial charge is 0.481 e. The zero-order valence-electron chi connectivity index (χ0n) is 13.3. The lowest BCUT2D eigenvalue weighted by Crippen LogP contribution is -2.19. The van der Waals surface area contributed by atoms with Crippen LogP contribution in [0.4, 0.5) is 0 Å². The molecule has 122 valence electrons. The van der Waals surface area contributed by atoms with Crippen molar-refractivity contribution in [1.29, 1.82) is 0 Å². The summed E-state index contributed by atoms with van der Waals surface area (Å²) in [6, 6.07) is 9.52. The quantitative estimate of drug-likeness (QED) is 0.492. The minimum Gasteiger partial charge on any atom is -0.481 e. The van der Waals surface area contributed by atoms with Gasteiger partial charge in [0.2, 0.25) is 0 Å². The Balaban J connectivity index is 2.44. The number of unbranched alkanes of at least 4 members (excludes halogenated alkanes) is 3. The fourth-order valence-corrected chi connectivity index (χ4v) is 2.34. The topological polar surface area (TPSA) is 63.6 Å². The van der Waals surface area contributed by atoms with Gasteiger partial charge in [0.25, 0.3) is 0 Å². The van der Waals surface area contributed by atoms with Crippen LogP contribution in [0.5, 0.6) is 0 Å². The molecule has 0 saturated carbocycles. The van der Waals surface area contributed by atoms with Crippen LogP contribution in [0.25, 0.3) is 0 Å². The van der Waals surface area contributed by atoms with Crippen molar-refractivity contribution in [3.05, 3.63) is 35.9 Å². The lowest BCUT2D eigenvalue weighted by Gasteiger charge is -2.15. The Morgan fingerprint density at radius 1 is 1.09 bits per heavy atom. The van der Waals surface area contributed by atoms with Crippen molar-refractivity contribution in [3.63, 3.8) is 0 Å². The second-order valence-electron chi connectivity index (χ2n) is 5.57. The predicted molar refractivity (Wildman–Crippen MR) is 85.4 cm³/mol. The van der Waals surface area contributed by atoms with Crippen molar-refractivity contribution in [1.82, 2.24) is 0 Å². The van der Waals surface area contributed by atoms with Crippen LogP contribution < -0.4 is 0 Å². The van der Waals surface area contributed by atoms with Crippen molar-refractivity contribution in [2.45, 2.75) is 58.5 Å². The monoisotopic (exact) mass is 306 g/mol. The molecule has 0 aliphatic heterocycles. The van der Waals surface area contributed by atoms with E-state index >= 15 is 0 Å². The van der Waals surface area contributed by atoms with Crippen LogP contribution in [0, 0.1) is 5.92 Å². The van der Waals surface area contributed by atoms with E-state index in [1.54, 1.807) is 0 Å². The molecule has 1 rings (SSSR count). The van der Waals surface area contributed by atoms with Gasteiger partial charge >= 0.3 is 11.9 Å². The highest BCUT2D eigenvalue weighted by molar-refractivity contribution is 5.74. The van der Waals surface area contributed by atoms with Crippen molar-refractivity contribution in [2.24, 2.45) is 5.92 Å². The molecule has 0 amide bonds. The van der Waals surface area contributed by atoms with E-state index in [4.69, 9.17) is 9.84 Å². The van der Waals surface area contributed by atoms with Crippen LogP contribution in [0.15, 0.2) is 30.3 Å². The number of rotatable bonds is 11. The summed E-state index contributed by atoms with van der Waals surface area (Å²) < 4.78 is 5.35. The third kappa shape index (κ3) is 7.81. The SMILES string of the molecule is CCCCCCC(CCC(=O)O)C(=O)OCc1ccccc1. The van der Waals surface area contributed by atoms with Gasteiger partial charge < -0.3 is 9.84 Å². The van der Waals surface area contributed by atoms with Gasteiger partial charge in [0.1, 0.15) is 6.61 Å². The van der Waals surface area contributed by atoms with E-state index in [-0.39, 0.29) is 24.9 Å². The molecule has 1 N–H and O–H groups in total. The number of carboxylic acids is 1. The molecule has 0 radical (unpaired) electrons. The minimum absolute atomic E-state index is 0.0128. The first kappa shape index (κ1) is 18.2. The fraction of sp³-hybridized carbons (Fsp3) is 0.556. The maximum Gasteiger partial charge on any atom is 0.309 e. The van der Waals surface area contributed by atoms with Gasteiger partial charge in [-0.2, -0.15) is 0 Å². The van der Waals surface area contributed by atoms with Gasteiger partial charge in [0.15, 0.2) is 0 Å². The van der Waals surface area contributed by atoms with Gasteiger partial charge in [-0.05, 0) is 18.4 Å². The third-order valence-electron chi connectivity index (χ3n) is 3.67. The summed E-state index contributed by atoms with van der Waals surface area (Å²) in [7, 11) is 0. The van der Waals surface area contributed by atoms with E-state index in [0.717, 1.165) is 31.2 Å². The van der Waals surface area contributed by atoms with Crippen LogP contribution in [-0.4, -0.2) is 17.0 Å². The number of esters is 1. The van der Waals surface area contributed by atoms with E-state index in [1.807, 2.05) is 30.3 Å². The van der Waals surface area contributed by atoms with Gasteiger partial charge in [0.05, 0.1) is 5.92 Å². The van der Waals surface area contributed by atoms with Crippen LogP contribution in [0.1, 0.15) is 57.4 Å². The average molecular weight is 306 g/mol. The second kappa shape index (κ2) is 10.8. The highest BCUT2D eigenvalue weighted by atomic mass is 16.5. The Bertz CT molecular complexity index is 442. The van der Waals surface area contributed by atoms with Crippen LogP contribution in [0.2, 0.25) is 0 Å². The summed E-state index contributed by atoms with van der Waals surface area (Å²) in [6.07, 6.45) is 5.38. The molecule has 0 heterocycles. The van der Waals surface area contributed by atoms with Gasteiger partial charge in [-0.3, -0.25) is 9.59 Å². The zero-order chi connectivity index (χ0) is 16.2. The molecule has 0 bridgehead atoms. The molecule has 1 aromatic rings. The van der Waals surface area contributed by atoms with Crippen LogP contribution >= 0.6 is 0 Å². The fourth-order valence-electron chi connectivity index (χ4n) is 2.34.